The second-order valence-electron chi connectivity index (χ2n) is 15.7. The molecule has 0 aromatic heterocycles. The van der Waals surface area contributed by atoms with E-state index in [1.54, 1.807) is 0 Å². The monoisotopic (exact) mass is 585 g/mol. The summed E-state index contributed by atoms with van der Waals surface area (Å²) in [6, 6.07) is 21.2. The highest BCUT2D eigenvalue weighted by atomic mass is 14.0. The van der Waals surface area contributed by atoms with Gasteiger partial charge in [0, 0.05) is 0 Å². The van der Waals surface area contributed by atoms with E-state index < -0.39 is 0 Å². The van der Waals surface area contributed by atoms with E-state index in [1.807, 2.05) is 0 Å². The molecule has 0 unspecified atom stereocenters. The molecule has 0 spiro atoms. The topological polar surface area (TPSA) is 0 Å². The molecule has 0 N–H and O–H groups in total. The molecule has 0 heterocycles. The van der Waals surface area contributed by atoms with Crippen LogP contribution < -0.4 is 0 Å². The first-order chi connectivity index (χ1) is 19.3. The van der Waals surface area contributed by atoms with E-state index in [0.29, 0.717) is 0 Å². The van der Waals surface area contributed by atoms with Gasteiger partial charge in [0.1, 0.15) is 0 Å². The molecule has 0 amide bonds. The van der Waals surface area contributed by atoms with Gasteiger partial charge in [-0.1, -0.05) is 185 Å². The van der Waals surface area contributed by atoms with Gasteiger partial charge >= 0.3 is 0 Å². The fraction of sp³-hybridized carbons (Fsp3) is 0.714. The van der Waals surface area contributed by atoms with Gasteiger partial charge in [0.2, 0.25) is 0 Å². The summed E-state index contributed by atoms with van der Waals surface area (Å²) >= 11 is 0. The van der Waals surface area contributed by atoms with Crippen molar-refractivity contribution in [2.75, 3.05) is 0 Å². The Hall–Kier alpha value is -1.56. The van der Waals surface area contributed by atoms with Crippen LogP contribution in [0.5, 0.6) is 0 Å². The zero-order chi connectivity index (χ0) is 33.7. The summed E-state index contributed by atoms with van der Waals surface area (Å²) in [5.74, 6) is 6.70. The lowest BCUT2D eigenvalue weighted by molar-refractivity contribution is 0.469. The second kappa shape index (κ2) is 32.4. The number of rotatable bonds is 8. The quantitative estimate of drug-likeness (QED) is 0.289. The average Bonchev–Trinajstić information content (AvgIpc) is 2.78. The van der Waals surface area contributed by atoms with E-state index in [4.69, 9.17) is 0 Å². The number of benzene rings is 2. The smallest absolute Gasteiger partial charge is 0.0256 e. The Morgan fingerprint density at radius 2 is 0.500 bits per heavy atom. The maximum atomic E-state index is 2.26. The van der Waals surface area contributed by atoms with Crippen molar-refractivity contribution >= 4 is 0 Å². The zero-order valence-electron chi connectivity index (χ0n) is 32.2. The molecule has 2 rings (SSSR count). The molecule has 0 aliphatic carbocycles. The second-order valence-corrected chi connectivity index (χ2v) is 15.7. The molecule has 0 heteroatoms. The summed E-state index contributed by atoms with van der Waals surface area (Å²) in [6.07, 6.45) is 5.11. The van der Waals surface area contributed by atoms with Gasteiger partial charge < -0.3 is 0 Å². The van der Waals surface area contributed by atoms with Crippen LogP contribution in [0.1, 0.15) is 149 Å². The van der Waals surface area contributed by atoms with Gasteiger partial charge in [0.15, 0.2) is 0 Å². The van der Waals surface area contributed by atoms with Crippen LogP contribution in [-0.4, -0.2) is 0 Å². The normalized spacial score (nSPS) is 10.3. The van der Waals surface area contributed by atoms with E-state index in [-0.39, 0.29) is 0 Å². The molecule has 0 saturated heterocycles. The number of hydrogen-bond acceptors (Lipinski definition) is 0. The maximum absolute atomic E-state index is 2.26. The lowest BCUT2D eigenvalue weighted by atomic mass is 10.0. The lowest BCUT2D eigenvalue weighted by Crippen LogP contribution is -1.93. The predicted octanol–water partition coefficient (Wildman–Crippen LogP) is 14.5. The molecule has 0 aliphatic heterocycles. The Labute approximate surface area is 268 Å². The summed E-state index contributed by atoms with van der Waals surface area (Å²) in [6.45, 7) is 40.1. The highest BCUT2D eigenvalue weighted by molar-refractivity contribution is 5.15. The maximum Gasteiger partial charge on any atom is -0.0256 e. The summed E-state index contributed by atoms with van der Waals surface area (Å²) in [7, 11) is 0. The predicted molar refractivity (Wildman–Crippen MR) is 200 cm³/mol. The summed E-state index contributed by atoms with van der Waals surface area (Å²) in [5, 5.41) is 0. The molecular formula is C42H80. The van der Waals surface area contributed by atoms with E-state index >= 15 is 0 Å². The van der Waals surface area contributed by atoms with E-state index in [9.17, 15) is 0 Å². The fourth-order valence-electron chi connectivity index (χ4n) is 4.06. The first-order valence-electron chi connectivity index (χ1n) is 17.4. The van der Waals surface area contributed by atoms with E-state index in [1.165, 1.54) is 36.8 Å². The largest absolute Gasteiger partial charge is 0.0630 e. The van der Waals surface area contributed by atoms with Crippen LogP contribution in [0.2, 0.25) is 0 Å². The molecule has 0 radical (unpaired) electrons. The highest BCUT2D eigenvalue weighted by Gasteiger charge is 1.97. The molecule has 0 aliphatic rings. The Morgan fingerprint density at radius 1 is 0.310 bits per heavy atom. The van der Waals surface area contributed by atoms with Gasteiger partial charge in [-0.3, -0.25) is 0 Å². The van der Waals surface area contributed by atoms with Crippen LogP contribution >= 0.6 is 0 Å². The third-order valence-corrected chi connectivity index (χ3v) is 4.86. The standard InChI is InChI=1S/2C10H14.2C7H16.2C4H10/c2*1-9(2)8-10-6-4-3-5-7-10;2*1-6(2)5-7(3)4;2*1-4(2)3/h2*3-7,9H,8H2,1-2H3;2*6-7H,5H2,1-4H3;2*4H,1-3H3. The van der Waals surface area contributed by atoms with Crippen molar-refractivity contribution < 1.29 is 0 Å². The third kappa shape index (κ3) is 58.2. The van der Waals surface area contributed by atoms with Crippen molar-refractivity contribution in [2.45, 2.75) is 150 Å². The van der Waals surface area contributed by atoms with E-state index in [2.05, 4.69) is 185 Å². The molecule has 42 heavy (non-hydrogen) atoms. The summed E-state index contributed by atoms with van der Waals surface area (Å²) < 4.78 is 0. The van der Waals surface area contributed by atoms with Gasteiger partial charge in [-0.25, -0.2) is 0 Å². The molecule has 0 fully saturated rings. The Kier molecular flexibility index (Phi) is 36.5. The number of hydrogen-bond donors (Lipinski definition) is 0. The van der Waals surface area contributed by atoms with Gasteiger partial charge in [-0.05, 0) is 84.2 Å². The summed E-state index contributed by atoms with van der Waals surface area (Å²) in [5.41, 5.74) is 2.88. The summed E-state index contributed by atoms with van der Waals surface area (Å²) in [4.78, 5) is 0. The first-order valence-corrected chi connectivity index (χ1v) is 17.4. The first kappa shape index (κ1) is 47.4. The van der Waals surface area contributed by atoms with Crippen molar-refractivity contribution in [1.82, 2.24) is 0 Å². The minimum absolute atomic E-state index is 0.766. The van der Waals surface area contributed by atoms with E-state index in [0.717, 1.165) is 47.3 Å². The van der Waals surface area contributed by atoms with Crippen molar-refractivity contribution in [1.29, 1.82) is 0 Å². The van der Waals surface area contributed by atoms with Crippen LogP contribution in [0, 0.1) is 47.3 Å². The molecule has 2 aromatic rings. The fourth-order valence-corrected chi connectivity index (χ4v) is 4.06. The molecule has 0 atom stereocenters. The average molecular weight is 585 g/mol. The molecular weight excluding hydrogens is 504 g/mol. The SMILES string of the molecule is CC(C)C.CC(C)C.CC(C)CC(C)C.CC(C)CC(C)C.CC(C)Cc1ccccc1.CC(C)Cc1ccccc1. The van der Waals surface area contributed by atoms with Crippen LogP contribution in [0.25, 0.3) is 0 Å². The molecule has 0 nitrogen and oxygen atoms in total. The van der Waals surface area contributed by atoms with Crippen LogP contribution in [0.3, 0.4) is 0 Å². The highest BCUT2D eigenvalue weighted by Crippen LogP contribution is 2.09. The molecule has 248 valence electrons. The van der Waals surface area contributed by atoms with Crippen LogP contribution in [-0.2, 0) is 12.8 Å². The van der Waals surface area contributed by atoms with Gasteiger partial charge in [0.25, 0.3) is 0 Å². The third-order valence-electron chi connectivity index (χ3n) is 4.86. The van der Waals surface area contributed by atoms with Crippen molar-refractivity contribution in [3.05, 3.63) is 71.8 Å². The van der Waals surface area contributed by atoms with Crippen molar-refractivity contribution in [3.63, 3.8) is 0 Å². The van der Waals surface area contributed by atoms with Gasteiger partial charge in [-0.15, -0.1) is 0 Å². The van der Waals surface area contributed by atoms with Crippen molar-refractivity contribution in [2.24, 2.45) is 47.3 Å². The zero-order valence-corrected chi connectivity index (χ0v) is 32.2. The Balaban J connectivity index is -0.000000214. The minimum atomic E-state index is 0.766. The van der Waals surface area contributed by atoms with Crippen LogP contribution in [0.4, 0.5) is 0 Å². The minimum Gasteiger partial charge on any atom is -0.0630 e. The van der Waals surface area contributed by atoms with Crippen molar-refractivity contribution in [3.8, 4) is 0 Å². The van der Waals surface area contributed by atoms with Gasteiger partial charge in [0.05, 0.1) is 0 Å². The molecule has 0 bridgehead atoms. The Morgan fingerprint density at radius 3 is 0.619 bits per heavy atom. The Bertz CT molecular complexity index is 634. The van der Waals surface area contributed by atoms with Gasteiger partial charge in [-0.2, -0.15) is 0 Å². The molecule has 0 saturated carbocycles. The molecule has 2 aromatic carbocycles. The lowest BCUT2D eigenvalue weighted by Gasteiger charge is -2.05. The van der Waals surface area contributed by atoms with Crippen LogP contribution in [0.15, 0.2) is 60.7 Å².